The summed E-state index contributed by atoms with van der Waals surface area (Å²) >= 11 is 0. The molecule has 1 aromatic rings. The molecule has 1 heterocycles. The van der Waals surface area contributed by atoms with Gasteiger partial charge in [0.05, 0.1) is 23.6 Å². The molecule has 16 heavy (non-hydrogen) atoms. The highest BCUT2D eigenvalue weighted by atomic mass is 16.5. The van der Waals surface area contributed by atoms with E-state index in [9.17, 15) is 0 Å². The van der Waals surface area contributed by atoms with Crippen LogP contribution in [0.5, 0.6) is 0 Å². The number of nitrogens with two attached hydrogens (primary N) is 1. The molecular formula is C13H20N2O. The second kappa shape index (κ2) is 4.34. The summed E-state index contributed by atoms with van der Waals surface area (Å²) < 4.78 is 5.72. The average molecular weight is 220 g/mol. The van der Waals surface area contributed by atoms with Crippen LogP contribution in [0.2, 0.25) is 0 Å². The van der Waals surface area contributed by atoms with Crippen molar-refractivity contribution in [1.82, 2.24) is 0 Å². The third kappa shape index (κ3) is 2.30. The number of morpholine rings is 1. The van der Waals surface area contributed by atoms with Crippen LogP contribution in [0.3, 0.4) is 0 Å². The molecule has 0 spiro atoms. The van der Waals surface area contributed by atoms with Gasteiger partial charge in [0.1, 0.15) is 0 Å². The molecule has 0 unspecified atom stereocenters. The van der Waals surface area contributed by atoms with Crippen LogP contribution in [0.15, 0.2) is 18.2 Å². The molecule has 2 atom stereocenters. The third-order valence-electron chi connectivity index (χ3n) is 2.94. The van der Waals surface area contributed by atoms with Crippen molar-refractivity contribution in [2.45, 2.75) is 33.0 Å². The van der Waals surface area contributed by atoms with Crippen LogP contribution < -0.4 is 10.6 Å². The van der Waals surface area contributed by atoms with E-state index in [1.54, 1.807) is 0 Å². The van der Waals surface area contributed by atoms with Crippen LogP contribution in [0.4, 0.5) is 11.4 Å². The summed E-state index contributed by atoms with van der Waals surface area (Å²) in [4.78, 5) is 2.31. The molecule has 1 aliphatic rings. The van der Waals surface area contributed by atoms with Gasteiger partial charge in [0.25, 0.3) is 0 Å². The largest absolute Gasteiger partial charge is 0.397 e. The SMILES string of the molecule is Cc1ccc(N2C[C@@H](C)O[C@@H](C)C2)c(N)c1. The minimum atomic E-state index is 0.268. The standard InChI is InChI=1S/C13H20N2O/c1-9-4-5-13(12(14)6-9)15-7-10(2)16-11(3)8-15/h4-6,10-11H,7-8,14H2,1-3H3/t10-,11+. The van der Waals surface area contributed by atoms with E-state index in [1.807, 2.05) is 6.07 Å². The maximum atomic E-state index is 6.06. The Morgan fingerprint density at radius 3 is 2.44 bits per heavy atom. The third-order valence-corrected chi connectivity index (χ3v) is 2.94. The van der Waals surface area contributed by atoms with Gasteiger partial charge in [-0.1, -0.05) is 6.07 Å². The summed E-state index contributed by atoms with van der Waals surface area (Å²) in [5.74, 6) is 0. The Hall–Kier alpha value is -1.22. The Balaban J connectivity index is 2.23. The summed E-state index contributed by atoms with van der Waals surface area (Å²) in [7, 11) is 0. The molecule has 0 aromatic heterocycles. The zero-order valence-corrected chi connectivity index (χ0v) is 10.2. The number of aryl methyl sites for hydroxylation is 1. The number of hydrogen-bond acceptors (Lipinski definition) is 3. The van der Waals surface area contributed by atoms with E-state index in [0.29, 0.717) is 0 Å². The molecule has 1 aromatic carbocycles. The molecule has 3 heteroatoms. The Labute approximate surface area is 97.2 Å². The minimum Gasteiger partial charge on any atom is -0.397 e. The normalized spacial score (nSPS) is 25.8. The number of benzene rings is 1. The predicted octanol–water partition coefficient (Wildman–Crippen LogP) is 2.19. The summed E-state index contributed by atoms with van der Waals surface area (Å²) in [6.07, 6.45) is 0.536. The highest BCUT2D eigenvalue weighted by Gasteiger charge is 2.23. The van der Waals surface area contributed by atoms with Crippen LogP contribution in [0.1, 0.15) is 19.4 Å². The number of rotatable bonds is 1. The van der Waals surface area contributed by atoms with Crippen LogP contribution in [-0.2, 0) is 4.74 Å². The Morgan fingerprint density at radius 2 is 1.88 bits per heavy atom. The van der Waals surface area contributed by atoms with Crippen molar-refractivity contribution >= 4 is 11.4 Å². The van der Waals surface area contributed by atoms with Crippen molar-refractivity contribution in [1.29, 1.82) is 0 Å². The monoisotopic (exact) mass is 220 g/mol. The van der Waals surface area contributed by atoms with Crippen LogP contribution in [-0.4, -0.2) is 25.3 Å². The van der Waals surface area contributed by atoms with Crippen molar-refractivity contribution in [3.63, 3.8) is 0 Å². The lowest BCUT2D eigenvalue weighted by Crippen LogP contribution is -2.45. The highest BCUT2D eigenvalue weighted by molar-refractivity contribution is 5.68. The minimum absolute atomic E-state index is 0.268. The fraction of sp³-hybridized carbons (Fsp3) is 0.538. The van der Waals surface area contributed by atoms with E-state index in [-0.39, 0.29) is 12.2 Å². The fourth-order valence-corrected chi connectivity index (χ4v) is 2.34. The molecule has 0 aliphatic carbocycles. The molecule has 2 N–H and O–H groups in total. The number of ether oxygens (including phenoxy) is 1. The zero-order valence-electron chi connectivity index (χ0n) is 10.2. The molecule has 88 valence electrons. The first-order chi connectivity index (χ1) is 7.56. The van der Waals surface area contributed by atoms with Gasteiger partial charge in [-0.25, -0.2) is 0 Å². The maximum absolute atomic E-state index is 6.06. The van der Waals surface area contributed by atoms with Crippen LogP contribution in [0.25, 0.3) is 0 Å². The quantitative estimate of drug-likeness (QED) is 0.737. The lowest BCUT2D eigenvalue weighted by Gasteiger charge is -2.37. The first-order valence-electron chi connectivity index (χ1n) is 5.83. The lowest BCUT2D eigenvalue weighted by molar-refractivity contribution is -0.00517. The molecule has 0 saturated carbocycles. The van der Waals surface area contributed by atoms with E-state index in [2.05, 4.69) is 37.8 Å². The predicted molar refractivity (Wildman–Crippen MR) is 67.8 cm³/mol. The van der Waals surface area contributed by atoms with Crippen LogP contribution in [0, 0.1) is 6.92 Å². The number of hydrogen-bond donors (Lipinski definition) is 1. The Morgan fingerprint density at radius 1 is 1.25 bits per heavy atom. The van der Waals surface area contributed by atoms with Gasteiger partial charge in [0.2, 0.25) is 0 Å². The second-order valence-electron chi connectivity index (χ2n) is 4.72. The average Bonchev–Trinajstić information content (AvgIpc) is 2.15. The Bertz CT molecular complexity index is 368. The van der Waals surface area contributed by atoms with Gasteiger partial charge in [-0.2, -0.15) is 0 Å². The van der Waals surface area contributed by atoms with Crippen molar-refractivity contribution in [3.8, 4) is 0 Å². The molecule has 1 saturated heterocycles. The van der Waals surface area contributed by atoms with Crippen molar-refractivity contribution in [2.24, 2.45) is 0 Å². The van der Waals surface area contributed by atoms with E-state index in [1.165, 1.54) is 5.56 Å². The van der Waals surface area contributed by atoms with Crippen LogP contribution >= 0.6 is 0 Å². The van der Waals surface area contributed by atoms with Crippen molar-refractivity contribution in [2.75, 3.05) is 23.7 Å². The molecule has 2 rings (SSSR count). The molecule has 0 bridgehead atoms. The first-order valence-corrected chi connectivity index (χ1v) is 5.83. The van der Waals surface area contributed by atoms with E-state index in [4.69, 9.17) is 10.5 Å². The van der Waals surface area contributed by atoms with Gasteiger partial charge in [-0.3, -0.25) is 0 Å². The van der Waals surface area contributed by atoms with E-state index < -0.39 is 0 Å². The van der Waals surface area contributed by atoms with Gasteiger partial charge in [0.15, 0.2) is 0 Å². The molecule has 0 radical (unpaired) electrons. The molecule has 1 aliphatic heterocycles. The van der Waals surface area contributed by atoms with Gasteiger partial charge in [-0.05, 0) is 38.5 Å². The molecule has 3 nitrogen and oxygen atoms in total. The molecule has 1 fully saturated rings. The second-order valence-corrected chi connectivity index (χ2v) is 4.72. The van der Waals surface area contributed by atoms with Gasteiger partial charge >= 0.3 is 0 Å². The van der Waals surface area contributed by atoms with E-state index >= 15 is 0 Å². The topological polar surface area (TPSA) is 38.5 Å². The number of nitrogen functional groups attached to an aromatic ring is 1. The fourth-order valence-electron chi connectivity index (χ4n) is 2.34. The summed E-state index contributed by atoms with van der Waals surface area (Å²) in [5.41, 5.74) is 9.26. The molecule has 0 amide bonds. The number of nitrogens with zero attached hydrogens (tertiary/aromatic N) is 1. The van der Waals surface area contributed by atoms with E-state index in [0.717, 1.165) is 24.5 Å². The number of anilines is 2. The summed E-state index contributed by atoms with van der Waals surface area (Å²) in [6.45, 7) is 8.10. The first kappa shape index (κ1) is 11.3. The zero-order chi connectivity index (χ0) is 11.7. The van der Waals surface area contributed by atoms with Crippen molar-refractivity contribution in [3.05, 3.63) is 23.8 Å². The van der Waals surface area contributed by atoms with Gasteiger partial charge < -0.3 is 15.4 Å². The lowest BCUT2D eigenvalue weighted by atomic mass is 10.1. The van der Waals surface area contributed by atoms with Crippen molar-refractivity contribution < 1.29 is 4.74 Å². The Kier molecular flexibility index (Phi) is 3.06. The maximum Gasteiger partial charge on any atom is 0.0726 e. The summed E-state index contributed by atoms with van der Waals surface area (Å²) in [6, 6.07) is 6.24. The van der Waals surface area contributed by atoms with Gasteiger partial charge in [0, 0.05) is 13.1 Å². The van der Waals surface area contributed by atoms with Gasteiger partial charge in [-0.15, -0.1) is 0 Å². The molecular weight excluding hydrogens is 200 g/mol. The summed E-state index contributed by atoms with van der Waals surface area (Å²) in [5, 5.41) is 0. The highest BCUT2D eigenvalue weighted by Crippen LogP contribution is 2.27. The smallest absolute Gasteiger partial charge is 0.0726 e.